The smallest absolute Gasteiger partial charge is 0.356 e. The fourth-order valence-corrected chi connectivity index (χ4v) is 2.49. The molecule has 2 aromatic heterocycles. The molecule has 21 heavy (non-hydrogen) atoms. The molecule has 2 rings (SSSR count). The molecule has 118 valence electrons. The van der Waals surface area contributed by atoms with Crippen molar-refractivity contribution in [2.75, 3.05) is 7.11 Å². The summed E-state index contributed by atoms with van der Waals surface area (Å²) in [7, 11) is 3.11. The Kier molecular flexibility index (Phi) is 9.37. The van der Waals surface area contributed by atoms with Crippen molar-refractivity contribution < 1.29 is 9.53 Å². The van der Waals surface area contributed by atoms with E-state index in [0.29, 0.717) is 5.69 Å². The Morgan fingerprint density at radius 1 is 1.29 bits per heavy atom. The average Bonchev–Trinajstić information content (AvgIpc) is 3.17. The molecule has 0 unspecified atom stereocenters. The van der Waals surface area contributed by atoms with Crippen molar-refractivity contribution in [1.82, 2.24) is 9.78 Å². The standard InChI is InChI=1S/C12H14N2O2S.2C2H6/c1-4-8-5-6-11(17-8)9-7-10(12(15)16-3)14(2)13-9;2*1-2/h5-7H,4H2,1-3H3;2*1-2H3. The van der Waals surface area contributed by atoms with Gasteiger partial charge < -0.3 is 4.74 Å². The summed E-state index contributed by atoms with van der Waals surface area (Å²) in [5.41, 5.74) is 1.28. The van der Waals surface area contributed by atoms with Crippen LogP contribution in [0.15, 0.2) is 18.2 Å². The number of carbonyl (C=O) groups is 1. The quantitative estimate of drug-likeness (QED) is 0.781. The van der Waals surface area contributed by atoms with Gasteiger partial charge in [-0.05, 0) is 24.6 Å². The van der Waals surface area contributed by atoms with Gasteiger partial charge in [-0.15, -0.1) is 11.3 Å². The molecule has 0 atom stereocenters. The van der Waals surface area contributed by atoms with E-state index in [-0.39, 0.29) is 5.97 Å². The van der Waals surface area contributed by atoms with Gasteiger partial charge >= 0.3 is 5.97 Å². The normalized spacial score (nSPS) is 9.10. The van der Waals surface area contributed by atoms with E-state index in [1.807, 2.05) is 33.8 Å². The number of esters is 1. The third-order valence-corrected chi connectivity index (χ3v) is 3.79. The highest BCUT2D eigenvalue weighted by Crippen LogP contribution is 2.27. The second-order valence-electron chi connectivity index (χ2n) is 3.65. The average molecular weight is 310 g/mol. The number of aryl methyl sites for hydroxylation is 2. The summed E-state index contributed by atoms with van der Waals surface area (Å²) in [6, 6.07) is 5.89. The molecule has 4 nitrogen and oxygen atoms in total. The van der Waals surface area contributed by atoms with Crippen LogP contribution in [0.1, 0.15) is 50.0 Å². The molecule has 0 aliphatic carbocycles. The number of ether oxygens (including phenoxy) is 1. The highest BCUT2D eigenvalue weighted by Gasteiger charge is 2.15. The van der Waals surface area contributed by atoms with Gasteiger partial charge in [0.05, 0.1) is 12.0 Å². The molecule has 0 N–H and O–H groups in total. The summed E-state index contributed by atoms with van der Waals surface area (Å²) < 4.78 is 6.24. The van der Waals surface area contributed by atoms with Crippen LogP contribution in [0, 0.1) is 0 Å². The fraction of sp³-hybridized carbons (Fsp3) is 0.500. The minimum absolute atomic E-state index is 0.362. The molecule has 0 amide bonds. The zero-order chi connectivity index (χ0) is 16.4. The Labute approximate surface area is 131 Å². The third kappa shape index (κ3) is 5.01. The molecular weight excluding hydrogens is 284 g/mol. The van der Waals surface area contributed by atoms with Crippen molar-refractivity contribution in [1.29, 1.82) is 0 Å². The first-order valence-corrected chi connectivity index (χ1v) is 8.18. The summed E-state index contributed by atoms with van der Waals surface area (Å²) in [5, 5.41) is 4.32. The first-order chi connectivity index (χ1) is 10.2. The number of hydrogen-bond donors (Lipinski definition) is 0. The molecule has 0 aliphatic rings. The van der Waals surface area contributed by atoms with E-state index < -0.39 is 0 Å². The minimum atomic E-state index is -0.362. The lowest BCUT2D eigenvalue weighted by Crippen LogP contribution is -2.07. The number of methoxy groups -OCH3 is 1. The van der Waals surface area contributed by atoms with E-state index in [0.717, 1.165) is 17.0 Å². The maximum absolute atomic E-state index is 11.5. The number of thiophene rings is 1. The van der Waals surface area contributed by atoms with E-state index >= 15 is 0 Å². The molecule has 0 saturated heterocycles. The van der Waals surface area contributed by atoms with Crippen LogP contribution in [0.25, 0.3) is 10.6 Å². The van der Waals surface area contributed by atoms with E-state index in [1.165, 1.54) is 12.0 Å². The molecule has 0 fully saturated rings. The Morgan fingerprint density at radius 3 is 2.38 bits per heavy atom. The Balaban J connectivity index is 0.000000921. The molecule has 0 spiro atoms. The van der Waals surface area contributed by atoms with Crippen molar-refractivity contribution in [3.8, 4) is 10.6 Å². The number of rotatable bonds is 3. The van der Waals surface area contributed by atoms with Crippen LogP contribution in [0.3, 0.4) is 0 Å². The van der Waals surface area contributed by atoms with Crippen LogP contribution < -0.4 is 0 Å². The van der Waals surface area contributed by atoms with Crippen LogP contribution in [0.5, 0.6) is 0 Å². The molecule has 5 heteroatoms. The van der Waals surface area contributed by atoms with Gasteiger partial charge in [0, 0.05) is 11.9 Å². The number of hydrogen-bond acceptors (Lipinski definition) is 4. The molecule has 0 aliphatic heterocycles. The summed E-state index contributed by atoms with van der Waals surface area (Å²) in [4.78, 5) is 13.8. The van der Waals surface area contributed by atoms with Crippen molar-refractivity contribution in [3.05, 3.63) is 28.8 Å². The highest BCUT2D eigenvalue weighted by atomic mass is 32.1. The molecule has 0 saturated carbocycles. The van der Waals surface area contributed by atoms with Gasteiger partial charge in [0.25, 0.3) is 0 Å². The highest BCUT2D eigenvalue weighted by molar-refractivity contribution is 7.15. The zero-order valence-electron chi connectivity index (χ0n) is 14.1. The van der Waals surface area contributed by atoms with Gasteiger partial charge in [0.15, 0.2) is 0 Å². The van der Waals surface area contributed by atoms with Crippen molar-refractivity contribution >= 4 is 17.3 Å². The van der Waals surface area contributed by atoms with Gasteiger partial charge in [-0.3, -0.25) is 4.68 Å². The lowest BCUT2D eigenvalue weighted by Gasteiger charge is -1.96. The SMILES string of the molecule is CC.CC.CCc1ccc(-c2cc(C(=O)OC)n(C)n2)s1. The van der Waals surface area contributed by atoms with Gasteiger partial charge in [-0.25, -0.2) is 4.79 Å². The lowest BCUT2D eigenvalue weighted by molar-refractivity contribution is 0.0588. The molecule has 2 aromatic rings. The Morgan fingerprint density at radius 2 is 1.90 bits per heavy atom. The van der Waals surface area contributed by atoms with Crippen LogP contribution in [0.2, 0.25) is 0 Å². The first-order valence-electron chi connectivity index (χ1n) is 7.37. The predicted molar refractivity (Wildman–Crippen MR) is 89.9 cm³/mol. The van der Waals surface area contributed by atoms with Crippen LogP contribution in [-0.4, -0.2) is 22.9 Å². The number of carbonyl (C=O) groups excluding carboxylic acids is 1. The summed E-state index contributed by atoms with van der Waals surface area (Å²) >= 11 is 1.70. The van der Waals surface area contributed by atoms with Gasteiger partial charge in [-0.1, -0.05) is 34.6 Å². The predicted octanol–water partition coefficient (Wildman–Crippen LogP) is 4.55. The topological polar surface area (TPSA) is 44.1 Å². The largest absolute Gasteiger partial charge is 0.464 e. The minimum Gasteiger partial charge on any atom is -0.464 e. The van der Waals surface area contributed by atoms with Gasteiger partial charge in [0.1, 0.15) is 11.4 Å². The summed E-state index contributed by atoms with van der Waals surface area (Å²) in [6.07, 6.45) is 1.02. The lowest BCUT2D eigenvalue weighted by atomic mass is 10.3. The monoisotopic (exact) mass is 310 g/mol. The van der Waals surface area contributed by atoms with Crippen LogP contribution >= 0.6 is 11.3 Å². The number of aromatic nitrogens is 2. The molecular formula is C16H26N2O2S. The van der Waals surface area contributed by atoms with E-state index in [1.54, 1.807) is 29.1 Å². The van der Waals surface area contributed by atoms with E-state index in [4.69, 9.17) is 4.74 Å². The maximum atomic E-state index is 11.5. The maximum Gasteiger partial charge on any atom is 0.356 e. The van der Waals surface area contributed by atoms with Crippen LogP contribution in [0.4, 0.5) is 0 Å². The van der Waals surface area contributed by atoms with Crippen LogP contribution in [-0.2, 0) is 18.2 Å². The van der Waals surface area contributed by atoms with Crippen molar-refractivity contribution in [3.63, 3.8) is 0 Å². The Bertz CT molecular complexity index is 544. The first kappa shape index (κ1) is 19.4. The second kappa shape index (κ2) is 10.2. The van der Waals surface area contributed by atoms with Crippen molar-refractivity contribution in [2.45, 2.75) is 41.0 Å². The molecule has 0 aromatic carbocycles. The Hall–Kier alpha value is -1.62. The van der Waals surface area contributed by atoms with Crippen molar-refractivity contribution in [2.24, 2.45) is 7.05 Å². The van der Waals surface area contributed by atoms with Gasteiger partial charge in [0.2, 0.25) is 0 Å². The van der Waals surface area contributed by atoms with Gasteiger partial charge in [-0.2, -0.15) is 5.10 Å². The second-order valence-corrected chi connectivity index (χ2v) is 4.82. The zero-order valence-corrected chi connectivity index (χ0v) is 14.9. The summed E-state index contributed by atoms with van der Waals surface area (Å²) in [5.74, 6) is -0.362. The molecule has 0 radical (unpaired) electrons. The van der Waals surface area contributed by atoms with E-state index in [2.05, 4.69) is 18.1 Å². The fourth-order valence-electron chi connectivity index (χ4n) is 1.59. The third-order valence-electron chi connectivity index (χ3n) is 2.54. The van der Waals surface area contributed by atoms with E-state index in [9.17, 15) is 4.79 Å². The summed E-state index contributed by atoms with van der Waals surface area (Å²) in [6.45, 7) is 10.1. The number of nitrogens with zero attached hydrogens (tertiary/aromatic N) is 2. The molecule has 2 heterocycles. The molecule has 0 bridgehead atoms.